The molecule has 0 saturated carbocycles. The minimum Gasteiger partial charge on any atom is -0.469 e. The molecule has 1 atom stereocenters. The molecule has 0 N–H and O–H groups in total. The van der Waals surface area contributed by atoms with Crippen LogP contribution in [0.3, 0.4) is 0 Å². The van der Waals surface area contributed by atoms with E-state index in [9.17, 15) is 4.79 Å². The summed E-state index contributed by atoms with van der Waals surface area (Å²) < 4.78 is 4.82. The summed E-state index contributed by atoms with van der Waals surface area (Å²) >= 11 is 0. The number of ether oxygens (including phenoxy) is 1. The van der Waals surface area contributed by atoms with Crippen LogP contribution < -0.4 is 5.19 Å². The highest BCUT2D eigenvalue weighted by molar-refractivity contribution is 6.89. The van der Waals surface area contributed by atoms with Gasteiger partial charge >= 0.3 is 5.97 Å². The number of carbonyl (C=O) groups is 1. The predicted molar refractivity (Wildman–Crippen MR) is 113 cm³/mol. The lowest BCUT2D eigenvalue weighted by Crippen LogP contribution is -2.41. The Balaban J connectivity index is 1.91. The zero-order valence-corrected chi connectivity index (χ0v) is 17.8. The second-order valence-corrected chi connectivity index (χ2v) is 12.9. The molecule has 0 amide bonds. The Morgan fingerprint density at radius 3 is 2.15 bits per heavy atom. The highest BCUT2D eigenvalue weighted by atomic mass is 28.3. The highest BCUT2D eigenvalue weighted by Crippen LogP contribution is 2.17. The van der Waals surface area contributed by atoms with Gasteiger partial charge in [0.2, 0.25) is 0 Å². The minimum atomic E-state index is -1.43. The van der Waals surface area contributed by atoms with Gasteiger partial charge in [-0.2, -0.15) is 0 Å². The fourth-order valence-electron chi connectivity index (χ4n) is 3.36. The van der Waals surface area contributed by atoms with Crippen molar-refractivity contribution >= 4 is 19.2 Å². The average molecular weight is 369 g/mol. The summed E-state index contributed by atoms with van der Waals surface area (Å²) in [4.78, 5) is 11.6. The van der Waals surface area contributed by atoms with Crippen molar-refractivity contribution in [2.24, 2.45) is 5.92 Å². The fraction of sp³-hybridized carbons (Fsp3) is 0.435. The van der Waals surface area contributed by atoms with Crippen molar-refractivity contribution in [2.75, 3.05) is 7.11 Å². The van der Waals surface area contributed by atoms with Crippen molar-refractivity contribution in [3.8, 4) is 0 Å². The number of rotatable bonds is 8. The van der Waals surface area contributed by atoms with Gasteiger partial charge in [-0.15, -0.1) is 0 Å². The molecule has 2 rings (SSSR count). The van der Waals surface area contributed by atoms with Crippen LogP contribution in [0.25, 0.3) is 0 Å². The van der Waals surface area contributed by atoms with Crippen molar-refractivity contribution < 1.29 is 9.53 Å². The maximum Gasteiger partial charge on any atom is 0.308 e. The Bertz CT molecular complexity index is 702. The maximum atomic E-state index is 11.6. The Morgan fingerprint density at radius 2 is 1.58 bits per heavy atom. The molecular weight excluding hydrogens is 336 g/mol. The third-order valence-electron chi connectivity index (χ3n) is 5.27. The van der Waals surface area contributed by atoms with Gasteiger partial charge < -0.3 is 4.74 Å². The van der Waals surface area contributed by atoms with E-state index >= 15 is 0 Å². The first-order valence-electron chi connectivity index (χ1n) is 9.54. The molecule has 3 heteroatoms. The van der Waals surface area contributed by atoms with Crippen LogP contribution in [0.5, 0.6) is 0 Å². The van der Waals surface area contributed by atoms with E-state index in [0.29, 0.717) is 0 Å². The minimum absolute atomic E-state index is 0.0920. The van der Waals surface area contributed by atoms with E-state index in [0.717, 1.165) is 12.8 Å². The summed E-state index contributed by atoms with van der Waals surface area (Å²) in [6.45, 7) is 8.96. The lowest BCUT2D eigenvalue weighted by Gasteiger charge is -2.23. The molecular formula is C23H32O2Si. The molecule has 0 heterocycles. The maximum absolute atomic E-state index is 11.6. The van der Waals surface area contributed by atoms with Gasteiger partial charge in [-0.3, -0.25) is 4.79 Å². The third kappa shape index (κ3) is 5.84. The Hall–Kier alpha value is -1.87. The molecule has 0 bridgehead atoms. The van der Waals surface area contributed by atoms with Crippen LogP contribution >= 0.6 is 0 Å². The lowest BCUT2D eigenvalue weighted by molar-refractivity contribution is -0.144. The van der Waals surface area contributed by atoms with Gasteiger partial charge in [0.15, 0.2) is 0 Å². The smallest absolute Gasteiger partial charge is 0.308 e. The number of hydrogen-bond acceptors (Lipinski definition) is 2. The summed E-state index contributed by atoms with van der Waals surface area (Å²) in [5, 5.41) is 1.50. The van der Waals surface area contributed by atoms with Crippen LogP contribution in [0.2, 0.25) is 19.1 Å². The number of methoxy groups -OCH3 is 1. The molecule has 0 radical (unpaired) electrons. The van der Waals surface area contributed by atoms with Crippen molar-refractivity contribution in [3.05, 3.63) is 65.2 Å². The molecule has 2 aromatic carbocycles. The van der Waals surface area contributed by atoms with Crippen LogP contribution in [0.15, 0.2) is 48.5 Å². The lowest BCUT2D eigenvalue weighted by atomic mass is 10.0. The quantitative estimate of drug-likeness (QED) is 0.489. The largest absolute Gasteiger partial charge is 0.469 e. The second kappa shape index (κ2) is 9.18. The molecule has 0 saturated heterocycles. The molecule has 0 aliphatic carbocycles. The first-order valence-corrected chi connectivity index (χ1v) is 12.8. The van der Waals surface area contributed by atoms with Gasteiger partial charge in [-0.05, 0) is 30.9 Å². The number of carbonyl (C=O) groups excluding carboxylic acids is 1. The van der Waals surface area contributed by atoms with E-state index < -0.39 is 8.07 Å². The summed E-state index contributed by atoms with van der Waals surface area (Å²) in [6.07, 6.45) is 3.14. The molecule has 0 unspecified atom stereocenters. The molecule has 26 heavy (non-hydrogen) atoms. The van der Waals surface area contributed by atoms with Crippen LogP contribution in [-0.4, -0.2) is 21.2 Å². The monoisotopic (exact) mass is 368 g/mol. The molecule has 0 aliphatic heterocycles. The van der Waals surface area contributed by atoms with Crippen LogP contribution in [-0.2, 0) is 22.4 Å². The third-order valence-corrected chi connectivity index (χ3v) is 8.77. The standard InChI is InChI=1S/C23H32O2Si/c1-18-8-10-20(11-9-18)7-6-16-26(4,5)22-14-12-21(13-15-22)17-19(2)23(24)25-3/h8-15,19H,6-7,16-17H2,1-5H3/t19-/m0/s1. The molecule has 0 aliphatic rings. The molecule has 0 fully saturated rings. The van der Waals surface area contributed by atoms with Crippen LogP contribution in [0.4, 0.5) is 0 Å². The number of esters is 1. The van der Waals surface area contributed by atoms with Crippen LogP contribution in [0, 0.1) is 12.8 Å². The first-order chi connectivity index (χ1) is 12.3. The van der Waals surface area contributed by atoms with Crippen molar-refractivity contribution in [2.45, 2.75) is 52.2 Å². The van der Waals surface area contributed by atoms with Gasteiger partial charge in [0.1, 0.15) is 0 Å². The Morgan fingerprint density at radius 1 is 1.00 bits per heavy atom. The molecule has 0 aromatic heterocycles. The topological polar surface area (TPSA) is 26.3 Å². The number of aryl methyl sites for hydroxylation is 2. The predicted octanol–water partition coefficient (Wildman–Crippen LogP) is 4.89. The summed E-state index contributed by atoms with van der Waals surface area (Å²) in [5.41, 5.74) is 3.97. The Kier molecular flexibility index (Phi) is 7.21. The summed E-state index contributed by atoms with van der Waals surface area (Å²) in [5.74, 6) is -0.231. The SMILES string of the molecule is COC(=O)[C@@H](C)Cc1ccc([Si](C)(C)CCCc2ccc(C)cc2)cc1. The number of hydrogen-bond donors (Lipinski definition) is 0. The number of benzene rings is 2. The van der Waals surface area contributed by atoms with Crippen molar-refractivity contribution in [1.29, 1.82) is 0 Å². The van der Waals surface area contributed by atoms with Gasteiger partial charge in [-0.1, -0.05) is 91.8 Å². The second-order valence-electron chi connectivity index (χ2n) is 8.05. The molecule has 2 aromatic rings. The van der Waals surface area contributed by atoms with Gasteiger partial charge in [0, 0.05) is 0 Å². The first kappa shape index (κ1) is 20.4. The van der Waals surface area contributed by atoms with Gasteiger partial charge in [0.05, 0.1) is 21.1 Å². The highest BCUT2D eigenvalue weighted by Gasteiger charge is 2.23. The summed E-state index contributed by atoms with van der Waals surface area (Å²) in [7, 11) is 0.0237. The van der Waals surface area contributed by atoms with Crippen molar-refractivity contribution in [1.82, 2.24) is 0 Å². The summed E-state index contributed by atoms with van der Waals surface area (Å²) in [6, 6.07) is 19.1. The van der Waals surface area contributed by atoms with Gasteiger partial charge in [0.25, 0.3) is 0 Å². The zero-order valence-electron chi connectivity index (χ0n) is 16.8. The van der Waals surface area contributed by atoms with E-state index in [1.165, 1.54) is 41.5 Å². The van der Waals surface area contributed by atoms with E-state index in [4.69, 9.17) is 4.74 Å². The van der Waals surface area contributed by atoms with Crippen LogP contribution in [0.1, 0.15) is 30.0 Å². The van der Waals surface area contributed by atoms with Crippen molar-refractivity contribution in [3.63, 3.8) is 0 Å². The molecule has 140 valence electrons. The fourth-order valence-corrected chi connectivity index (χ4v) is 5.78. The zero-order chi connectivity index (χ0) is 19.2. The Labute approximate surface area is 159 Å². The normalized spacial score (nSPS) is 12.7. The van der Waals surface area contributed by atoms with E-state index in [-0.39, 0.29) is 11.9 Å². The van der Waals surface area contributed by atoms with E-state index in [1.54, 1.807) is 0 Å². The molecule has 0 spiro atoms. The van der Waals surface area contributed by atoms with Gasteiger partial charge in [-0.25, -0.2) is 0 Å². The molecule has 2 nitrogen and oxygen atoms in total. The van der Waals surface area contributed by atoms with E-state index in [1.807, 2.05) is 6.92 Å². The van der Waals surface area contributed by atoms with E-state index in [2.05, 4.69) is 68.5 Å². The average Bonchev–Trinajstić information content (AvgIpc) is 2.63.